The summed E-state index contributed by atoms with van der Waals surface area (Å²) in [6.07, 6.45) is -30.9. The standard InChI is InChI=1S/C28H48N2O21/c1-7(34)29-13-17(38)24(51-28-22(43)20(41)16(37)10(4-32)48-28)12(46-25(13)44)6-45-26-14(30-8(2)35)18(39)23(11(5-33)49-26)50-27-21(42)19(40)15(36)9(3-31)47-27/h9-28,31-33,36-44H,3-6H2,1-2H3,(H,29,34)(H,30,35)/t9-,10-,11-,12-,13-,14-,15+,16+,17-,18-,19+,20+,21-,22-,23-,24+,25?,26-,27+,28+/m1/s1. The van der Waals surface area contributed by atoms with E-state index >= 15 is 0 Å². The molecule has 0 aromatic heterocycles. The highest BCUT2D eigenvalue weighted by molar-refractivity contribution is 5.73. The summed E-state index contributed by atoms with van der Waals surface area (Å²) in [5.74, 6) is -1.41. The van der Waals surface area contributed by atoms with Gasteiger partial charge in [0.2, 0.25) is 11.8 Å². The van der Waals surface area contributed by atoms with Gasteiger partial charge in [0.1, 0.15) is 97.5 Å². The number of aliphatic hydroxyl groups is 12. The van der Waals surface area contributed by atoms with Crippen molar-refractivity contribution in [2.24, 2.45) is 0 Å². The number of carbonyl (C=O) groups excluding carboxylic acids is 2. The van der Waals surface area contributed by atoms with Crippen molar-refractivity contribution < 1.29 is 104 Å². The highest BCUT2D eigenvalue weighted by Crippen LogP contribution is 2.32. The Morgan fingerprint density at radius 2 is 0.922 bits per heavy atom. The molecule has 4 fully saturated rings. The molecule has 23 heteroatoms. The Labute approximate surface area is 289 Å². The Kier molecular flexibility index (Phi) is 14.8. The molecular weight excluding hydrogens is 700 g/mol. The molecule has 4 heterocycles. The van der Waals surface area contributed by atoms with Gasteiger partial charge in [0.25, 0.3) is 0 Å². The third-order valence-corrected chi connectivity index (χ3v) is 8.99. The van der Waals surface area contributed by atoms with Gasteiger partial charge in [0, 0.05) is 13.8 Å². The predicted molar refractivity (Wildman–Crippen MR) is 157 cm³/mol. The smallest absolute Gasteiger partial charge is 0.217 e. The summed E-state index contributed by atoms with van der Waals surface area (Å²) in [7, 11) is 0. The Balaban J connectivity index is 1.55. The zero-order valence-electron chi connectivity index (χ0n) is 27.4. The first kappa shape index (κ1) is 41.9. The molecule has 51 heavy (non-hydrogen) atoms. The first-order chi connectivity index (χ1) is 24.0. The van der Waals surface area contributed by atoms with Gasteiger partial charge in [-0.15, -0.1) is 0 Å². The van der Waals surface area contributed by atoms with Gasteiger partial charge in [-0.05, 0) is 0 Å². The molecule has 0 aliphatic carbocycles. The molecule has 296 valence electrons. The number of amides is 2. The lowest BCUT2D eigenvalue weighted by molar-refractivity contribution is -0.359. The third-order valence-electron chi connectivity index (χ3n) is 8.99. The molecule has 0 aromatic rings. The first-order valence-corrected chi connectivity index (χ1v) is 16.1. The van der Waals surface area contributed by atoms with Crippen LogP contribution in [0.2, 0.25) is 0 Å². The highest BCUT2D eigenvalue weighted by atomic mass is 16.8. The highest BCUT2D eigenvalue weighted by Gasteiger charge is 2.54. The van der Waals surface area contributed by atoms with Crippen LogP contribution in [0.5, 0.6) is 0 Å². The van der Waals surface area contributed by atoms with Crippen LogP contribution in [0.4, 0.5) is 0 Å². The van der Waals surface area contributed by atoms with Gasteiger partial charge in [-0.2, -0.15) is 0 Å². The van der Waals surface area contributed by atoms with Crippen LogP contribution < -0.4 is 10.6 Å². The summed E-state index contributed by atoms with van der Waals surface area (Å²) in [6.45, 7) is -1.02. The van der Waals surface area contributed by atoms with Crippen LogP contribution in [0.3, 0.4) is 0 Å². The molecule has 14 N–H and O–H groups in total. The molecule has 4 saturated heterocycles. The van der Waals surface area contributed by atoms with Crippen LogP contribution in [-0.4, -0.2) is 222 Å². The number of rotatable bonds is 12. The average Bonchev–Trinajstić information content (AvgIpc) is 3.08. The van der Waals surface area contributed by atoms with E-state index in [9.17, 15) is 70.9 Å². The first-order valence-electron chi connectivity index (χ1n) is 16.1. The van der Waals surface area contributed by atoms with Crippen LogP contribution in [0.1, 0.15) is 13.8 Å². The minimum atomic E-state index is -1.94. The Morgan fingerprint density at radius 3 is 1.37 bits per heavy atom. The van der Waals surface area contributed by atoms with E-state index in [0.29, 0.717) is 0 Å². The number of carbonyl (C=O) groups is 2. The fraction of sp³-hybridized carbons (Fsp3) is 0.929. The Bertz CT molecular complexity index is 1140. The van der Waals surface area contributed by atoms with Crippen molar-refractivity contribution in [2.45, 2.75) is 137 Å². The van der Waals surface area contributed by atoms with Crippen molar-refractivity contribution >= 4 is 11.8 Å². The van der Waals surface area contributed by atoms with Crippen LogP contribution in [0.15, 0.2) is 0 Å². The van der Waals surface area contributed by atoms with Gasteiger partial charge >= 0.3 is 0 Å². The van der Waals surface area contributed by atoms with Crippen molar-refractivity contribution in [3.8, 4) is 0 Å². The lowest BCUT2D eigenvalue weighted by Crippen LogP contribution is -2.69. The maximum atomic E-state index is 12.2. The van der Waals surface area contributed by atoms with E-state index in [1.165, 1.54) is 0 Å². The van der Waals surface area contributed by atoms with E-state index in [1.807, 2.05) is 0 Å². The SMILES string of the molecule is CC(=O)N[C@H]1[C@H](OC[C@H]2OC(O)[C@H](NC(C)=O)[C@@H](O)[C@H]2O[C@@H]2O[C@H](CO)[C@H](O)[C@H](O)[C@H]2O)O[C@H](CO)[C@@H](O[C@@H]2O[C@H](CO)[C@H](O)[C@H](O)[C@H]2O)[C@@H]1O. The number of aliphatic hydroxyl groups excluding tert-OH is 12. The fourth-order valence-corrected chi connectivity index (χ4v) is 6.25. The van der Waals surface area contributed by atoms with Crippen molar-refractivity contribution in [1.29, 1.82) is 0 Å². The van der Waals surface area contributed by atoms with E-state index in [0.717, 1.165) is 13.8 Å². The molecule has 4 aliphatic rings. The van der Waals surface area contributed by atoms with Crippen LogP contribution in [-0.2, 0) is 42.7 Å². The normalized spacial score (nSPS) is 47.8. The molecule has 0 spiro atoms. The lowest BCUT2D eigenvalue weighted by atomic mass is 9.94. The Hall–Kier alpha value is -1.82. The van der Waals surface area contributed by atoms with Crippen molar-refractivity contribution in [1.82, 2.24) is 10.6 Å². The summed E-state index contributed by atoms with van der Waals surface area (Å²) < 4.78 is 39.2. The number of hydrogen-bond acceptors (Lipinski definition) is 21. The topological polar surface area (TPSA) is 366 Å². The molecule has 0 radical (unpaired) electrons. The molecule has 0 saturated carbocycles. The van der Waals surface area contributed by atoms with E-state index < -0.39 is 161 Å². The molecule has 23 nitrogen and oxygen atoms in total. The van der Waals surface area contributed by atoms with Gasteiger partial charge in [-0.1, -0.05) is 0 Å². The number of hydrogen-bond donors (Lipinski definition) is 14. The molecule has 20 atom stereocenters. The van der Waals surface area contributed by atoms with Gasteiger partial charge in [-0.25, -0.2) is 0 Å². The fourth-order valence-electron chi connectivity index (χ4n) is 6.25. The maximum Gasteiger partial charge on any atom is 0.217 e. The van der Waals surface area contributed by atoms with Crippen LogP contribution >= 0.6 is 0 Å². The summed E-state index contributed by atoms with van der Waals surface area (Å²) >= 11 is 0. The molecule has 0 bridgehead atoms. The van der Waals surface area contributed by atoms with Gasteiger partial charge in [0.05, 0.1) is 26.4 Å². The molecular formula is C28H48N2O21. The summed E-state index contributed by atoms with van der Waals surface area (Å²) in [5.41, 5.74) is 0. The van der Waals surface area contributed by atoms with E-state index in [2.05, 4.69) is 10.6 Å². The minimum absolute atomic E-state index is 0.693. The van der Waals surface area contributed by atoms with Crippen molar-refractivity contribution in [3.63, 3.8) is 0 Å². The number of ether oxygens (including phenoxy) is 7. The molecule has 1 unspecified atom stereocenters. The van der Waals surface area contributed by atoms with Crippen molar-refractivity contribution in [3.05, 3.63) is 0 Å². The predicted octanol–water partition coefficient (Wildman–Crippen LogP) is -9.46. The monoisotopic (exact) mass is 748 g/mol. The van der Waals surface area contributed by atoms with Gasteiger partial charge in [-0.3, -0.25) is 9.59 Å². The zero-order chi connectivity index (χ0) is 37.9. The van der Waals surface area contributed by atoms with Crippen molar-refractivity contribution in [2.75, 3.05) is 26.4 Å². The second-order valence-electron chi connectivity index (χ2n) is 12.7. The zero-order valence-corrected chi connectivity index (χ0v) is 27.4. The van der Waals surface area contributed by atoms with E-state index in [4.69, 9.17) is 33.2 Å². The van der Waals surface area contributed by atoms with Gasteiger partial charge in [0.15, 0.2) is 25.2 Å². The molecule has 4 rings (SSSR count). The summed E-state index contributed by atoms with van der Waals surface area (Å²) in [4.78, 5) is 24.0. The second-order valence-corrected chi connectivity index (χ2v) is 12.7. The Morgan fingerprint density at radius 1 is 0.510 bits per heavy atom. The molecule has 2 amide bonds. The summed E-state index contributed by atoms with van der Waals surface area (Å²) in [5, 5.41) is 129. The van der Waals surface area contributed by atoms with Gasteiger partial charge < -0.3 is 105 Å². The molecule has 4 aliphatic heterocycles. The van der Waals surface area contributed by atoms with Crippen LogP contribution in [0.25, 0.3) is 0 Å². The lowest BCUT2D eigenvalue weighted by Gasteiger charge is -2.48. The van der Waals surface area contributed by atoms with E-state index in [-0.39, 0.29) is 0 Å². The minimum Gasteiger partial charge on any atom is -0.394 e. The molecule has 0 aromatic carbocycles. The summed E-state index contributed by atoms with van der Waals surface area (Å²) in [6, 6.07) is -3.04. The third kappa shape index (κ3) is 9.29. The maximum absolute atomic E-state index is 12.2. The quantitative estimate of drug-likeness (QED) is 0.0881. The largest absolute Gasteiger partial charge is 0.394 e. The van der Waals surface area contributed by atoms with E-state index in [1.54, 1.807) is 0 Å². The average molecular weight is 749 g/mol. The number of nitrogens with one attached hydrogen (secondary N) is 2. The second kappa shape index (κ2) is 18.0. The van der Waals surface area contributed by atoms with Crippen LogP contribution in [0, 0.1) is 0 Å².